The predicted octanol–water partition coefficient (Wildman–Crippen LogP) is 2.21. The fourth-order valence-electron chi connectivity index (χ4n) is 3.05. The summed E-state index contributed by atoms with van der Waals surface area (Å²) in [7, 11) is 0. The van der Waals surface area contributed by atoms with E-state index in [4.69, 9.17) is 17.3 Å². The maximum absolute atomic E-state index is 11.4. The van der Waals surface area contributed by atoms with Gasteiger partial charge in [0.05, 0.1) is 0 Å². The van der Waals surface area contributed by atoms with Crippen molar-refractivity contribution < 1.29 is 4.79 Å². The van der Waals surface area contributed by atoms with Crippen molar-refractivity contribution in [3.8, 4) is 0 Å². The smallest absolute Gasteiger partial charge is 0.286 e. The Morgan fingerprint density at radius 3 is 2.84 bits per heavy atom. The predicted molar refractivity (Wildman–Crippen MR) is 98.9 cm³/mol. The van der Waals surface area contributed by atoms with Crippen LogP contribution < -0.4 is 16.0 Å². The SMILES string of the molecule is Cc1nc(C(N)=O)nc(N2CC[C@@H](NCc3ccccc3Cl)C2)c1C. The van der Waals surface area contributed by atoms with Gasteiger partial charge in [0.15, 0.2) is 0 Å². The third-order valence-electron chi connectivity index (χ3n) is 4.61. The summed E-state index contributed by atoms with van der Waals surface area (Å²) in [5, 5.41) is 4.32. The van der Waals surface area contributed by atoms with E-state index in [2.05, 4.69) is 20.2 Å². The molecule has 3 N–H and O–H groups in total. The minimum absolute atomic E-state index is 0.0746. The molecule has 0 saturated carbocycles. The number of nitrogens with two attached hydrogens (primary N) is 1. The summed E-state index contributed by atoms with van der Waals surface area (Å²) in [4.78, 5) is 22.2. The minimum Gasteiger partial charge on any atom is -0.363 e. The molecule has 6 nitrogen and oxygen atoms in total. The average Bonchev–Trinajstić information content (AvgIpc) is 3.05. The maximum Gasteiger partial charge on any atom is 0.286 e. The topological polar surface area (TPSA) is 84.1 Å². The van der Waals surface area contributed by atoms with Crippen molar-refractivity contribution in [1.29, 1.82) is 0 Å². The van der Waals surface area contributed by atoms with Crippen LogP contribution in [0.5, 0.6) is 0 Å². The van der Waals surface area contributed by atoms with E-state index in [-0.39, 0.29) is 5.82 Å². The van der Waals surface area contributed by atoms with Crippen LogP contribution in [0.3, 0.4) is 0 Å². The van der Waals surface area contributed by atoms with Crippen LogP contribution in [0.1, 0.15) is 33.9 Å². The lowest BCUT2D eigenvalue weighted by Gasteiger charge is -2.21. The molecule has 1 fully saturated rings. The quantitative estimate of drug-likeness (QED) is 0.855. The molecule has 1 atom stereocenters. The van der Waals surface area contributed by atoms with Gasteiger partial charge >= 0.3 is 0 Å². The highest BCUT2D eigenvalue weighted by atomic mass is 35.5. The number of halogens is 1. The molecule has 0 radical (unpaired) electrons. The molecule has 132 valence electrons. The Hall–Kier alpha value is -2.18. The Bertz CT molecular complexity index is 795. The summed E-state index contributed by atoms with van der Waals surface area (Å²) in [6.07, 6.45) is 0.999. The summed E-state index contributed by atoms with van der Waals surface area (Å²) >= 11 is 6.21. The highest BCUT2D eigenvalue weighted by Crippen LogP contribution is 2.24. The fraction of sp³-hybridized carbons (Fsp3) is 0.389. The zero-order valence-electron chi connectivity index (χ0n) is 14.4. The van der Waals surface area contributed by atoms with Gasteiger partial charge in [-0.3, -0.25) is 4.79 Å². The van der Waals surface area contributed by atoms with Gasteiger partial charge in [-0.2, -0.15) is 0 Å². The number of carbonyl (C=O) groups is 1. The number of hydrogen-bond acceptors (Lipinski definition) is 5. The number of nitrogens with zero attached hydrogens (tertiary/aromatic N) is 3. The van der Waals surface area contributed by atoms with E-state index in [9.17, 15) is 4.79 Å². The number of aryl methyl sites for hydroxylation is 1. The number of aromatic nitrogens is 2. The molecular weight excluding hydrogens is 338 g/mol. The third kappa shape index (κ3) is 3.91. The van der Waals surface area contributed by atoms with E-state index in [1.165, 1.54) is 0 Å². The zero-order valence-corrected chi connectivity index (χ0v) is 15.2. The molecule has 25 heavy (non-hydrogen) atoms. The number of anilines is 1. The van der Waals surface area contributed by atoms with Crippen molar-refractivity contribution in [2.45, 2.75) is 32.9 Å². The first-order valence-corrected chi connectivity index (χ1v) is 8.70. The molecule has 7 heteroatoms. The van der Waals surface area contributed by atoms with Crippen molar-refractivity contribution in [2.24, 2.45) is 5.73 Å². The van der Waals surface area contributed by atoms with Crippen molar-refractivity contribution in [3.63, 3.8) is 0 Å². The number of benzene rings is 1. The van der Waals surface area contributed by atoms with E-state index in [0.29, 0.717) is 6.04 Å². The molecule has 1 saturated heterocycles. The Balaban J connectivity index is 1.69. The van der Waals surface area contributed by atoms with E-state index in [1.807, 2.05) is 38.1 Å². The molecule has 1 aromatic carbocycles. The summed E-state index contributed by atoms with van der Waals surface area (Å²) < 4.78 is 0. The number of rotatable bonds is 5. The van der Waals surface area contributed by atoms with E-state index >= 15 is 0 Å². The molecule has 0 spiro atoms. The number of hydrogen-bond donors (Lipinski definition) is 2. The number of nitrogens with one attached hydrogen (secondary N) is 1. The molecule has 0 unspecified atom stereocenters. The monoisotopic (exact) mass is 359 g/mol. The van der Waals surface area contributed by atoms with Gasteiger partial charge in [0.2, 0.25) is 5.82 Å². The normalized spacial score (nSPS) is 17.1. The van der Waals surface area contributed by atoms with Crippen molar-refractivity contribution >= 4 is 23.3 Å². The Labute approximate surface area is 152 Å². The van der Waals surface area contributed by atoms with Crippen LogP contribution in [0.15, 0.2) is 24.3 Å². The largest absolute Gasteiger partial charge is 0.363 e. The van der Waals surface area contributed by atoms with Gasteiger partial charge in [0.25, 0.3) is 5.91 Å². The maximum atomic E-state index is 11.4. The van der Waals surface area contributed by atoms with Crippen LogP contribution in [-0.2, 0) is 6.54 Å². The van der Waals surface area contributed by atoms with Gasteiger partial charge in [-0.1, -0.05) is 29.8 Å². The first-order chi connectivity index (χ1) is 12.0. The first kappa shape index (κ1) is 17.6. The van der Waals surface area contributed by atoms with Crippen LogP contribution in [0.4, 0.5) is 5.82 Å². The number of primary amides is 1. The molecule has 1 aliphatic heterocycles. The minimum atomic E-state index is -0.600. The van der Waals surface area contributed by atoms with Crippen molar-refractivity contribution in [2.75, 3.05) is 18.0 Å². The van der Waals surface area contributed by atoms with Gasteiger partial charge in [0, 0.05) is 42.0 Å². The Morgan fingerprint density at radius 2 is 2.12 bits per heavy atom. The number of carbonyl (C=O) groups excluding carboxylic acids is 1. The number of amides is 1. The molecular formula is C18H22ClN5O. The van der Waals surface area contributed by atoms with Crippen LogP contribution in [0.2, 0.25) is 5.02 Å². The van der Waals surface area contributed by atoms with Gasteiger partial charge in [-0.25, -0.2) is 9.97 Å². The first-order valence-electron chi connectivity index (χ1n) is 8.32. The van der Waals surface area contributed by atoms with Gasteiger partial charge in [-0.05, 0) is 31.9 Å². The summed E-state index contributed by atoms with van der Waals surface area (Å²) in [5.41, 5.74) is 8.20. The lowest BCUT2D eigenvalue weighted by atomic mass is 10.2. The summed E-state index contributed by atoms with van der Waals surface area (Å²) in [6.45, 7) is 6.26. The molecule has 2 aromatic rings. The second-order valence-electron chi connectivity index (χ2n) is 6.35. The van der Waals surface area contributed by atoms with E-state index in [1.54, 1.807) is 0 Å². The second kappa shape index (κ2) is 7.37. The van der Waals surface area contributed by atoms with Gasteiger partial charge in [0.1, 0.15) is 5.82 Å². The van der Waals surface area contributed by atoms with Gasteiger partial charge in [-0.15, -0.1) is 0 Å². The second-order valence-corrected chi connectivity index (χ2v) is 6.76. The van der Waals surface area contributed by atoms with Gasteiger partial charge < -0.3 is 16.0 Å². The van der Waals surface area contributed by atoms with E-state index in [0.717, 1.165) is 53.7 Å². The highest BCUT2D eigenvalue weighted by Gasteiger charge is 2.26. The fourth-order valence-corrected chi connectivity index (χ4v) is 3.25. The molecule has 0 bridgehead atoms. The highest BCUT2D eigenvalue weighted by molar-refractivity contribution is 6.31. The standard InChI is InChI=1S/C18H22ClN5O/c1-11-12(2)22-17(16(20)25)23-18(11)24-8-7-14(10-24)21-9-13-5-3-4-6-15(13)19/h3-6,14,21H,7-10H2,1-2H3,(H2,20,25)/t14-/m1/s1. The summed E-state index contributed by atoms with van der Waals surface area (Å²) in [6, 6.07) is 8.18. The molecule has 1 amide bonds. The molecule has 0 aliphatic carbocycles. The Kier molecular flexibility index (Phi) is 5.20. The zero-order chi connectivity index (χ0) is 18.0. The van der Waals surface area contributed by atoms with Crippen LogP contribution in [0.25, 0.3) is 0 Å². The van der Waals surface area contributed by atoms with Crippen molar-refractivity contribution in [1.82, 2.24) is 15.3 Å². The van der Waals surface area contributed by atoms with E-state index < -0.39 is 5.91 Å². The van der Waals surface area contributed by atoms with Crippen LogP contribution in [0, 0.1) is 13.8 Å². The summed E-state index contributed by atoms with van der Waals surface area (Å²) in [5.74, 6) is 0.269. The van der Waals surface area contributed by atoms with Crippen molar-refractivity contribution in [3.05, 3.63) is 51.9 Å². The van der Waals surface area contributed by atoms with Crippen LogP contribution in [-0.4, -0.2) is 35.0 Å². The lowest BCUT2D eigenvalue weighted by Crippen LogP contribution is -2.33. The Morgan fingerprint density at radius 1 is 1.36 bits per heavy atom. The lowest BCUT2D eigenvalue weighted by molar-refractivity contribution is 0.0990. The third-order valence-corrected chi connectivity index (χ3v) is 4.98. The molecule has 2 heterocycles. The molecule has 1 aromatic heterocycles. The molecule has 1 aliphatic rings. The molecule has 3 rings (SSSR count). The van der Waals surface area contributed by atoms with Crippen LogP contribution >= 0.6 is 11.6 Å². The average molecular weight is 360 g/mol.